The Labute approximate surface area is 131 Å². The fourth-order valence-electron chi connectivity index (χ4n) is 2.85. The maximum absolute atomic E-state index is 14.0. The molecule has 21 heavy (non-hydrogen) atoms. The second-order valence-corrected chi connectivity index (χ2v) is 6.27. The van der Waals surface area contributed by atoms with Crippen molar-refractivity contribution in [1.82, 2.24) is 4.90 Å². The molecule has 0 bridgehead atoms. The van der Waals surface area contributed by atoms with Crippen LogP contribution in [0.4, 0.5) is 4.39 Å². The van der Waals surface area contributed by atoms with Crippen molar-refractivity contribution in [2.45, 2.75) is 26.2 Å². The number of carboxylic acids is 1. The molecule has 0 spiro atoms. The summed E-state index contributed by atoms with van der Waals surface area (Å²) < 4.78 is 14.2. The van der Waals surface area contributed by atoms with E-state index in [0.717, 1.165) is 6.42 Å². The molecular weight excluding hydrogens is 341 g/mol. The normalized spacial score (nSPS) is 21.6. The first-order valence-electron chi connectivity index (χ1n) is 6.88. The van der Waals surface area contributed by atoms with Crippen molar-refractivity contribution in [3.63, 3.8) is 0 Å². The molecule has 1 aliphatic rings. The zero-order valence-electron chi connectivity index (χ0n) is 11.7. The van der Waals surface area contributed by atoms with E-state index in [2.05, 4.69) is 15.9 Å². The molecule has 0 aromatic heterocycles. The van der Waals surface area contributed by atoms with E-state index in [1.165, 1.54) is 17.0 Å². The highest BCUT2D eigenvalue weighted by Gasteiger charge is 2.45. The summed E-state index contributed by atoms with van der Waals surface area (Å²) in [5, 5.41) is 9.44. The molecule has 1 unspecified atom stereocenters. The lowest BCUT2D eigenvalue weighted by atomic mass is 9.83. The van der Waals surface area contributed by atoms with Crippen LogP contribution in [0.3, 0.4) is 0 Å². The summed E-state index contributed by atoms with van der Waals surface area (Å²) in [6, 6.07) is 4.53. The van der Waals surface area contributed by atoms with Crippen LogP contribution < -0.4 is 0 Å². The van der Waals surface area contributed by atoms with Crippen molar-refractivity contribution in [2.24, 2.45) is 5.41 Å². The van der Waals surface area contributed by atoms with E-state index in [4.69, 9.17) is 0 Å². The Morgan fingerprint density at radius 1 is 1.48 bits per heavy atom. The van der Waals surface area contributed by atoms with Gasteiger partial charge >= 0.3 is 5.97 Å². The van der Waals surface area contributed by atoms with Gasteiger partial charge in [0.05, 0.1) is 15.5 Å². The van der Waals surface area contributed by atoms with Gasteiger partial charge in [-0.2, -0.15) is 0 Å². The van der Waals surface area contributed by atoms with E-state index in [1.807, 2.05) is 6.92 Å². The van der Waals surface area contributed by atoms with Gasteiger partial charge in [-0.25, -0.2) is 4.39 Å². The fraction of sp³-hybridized carbons (Fsp3) is 0.467. The summed E-state index contributed by atoms with van der Waals surface area (Å²) in [7, 11) is 0. The third kappa shape index (κ3) is 2.95. The zero-order chi connectivity index (χ0) is 15.6. The Balaban J connectivity index is 2.23. The number of carboxylic acid groups (broad SMARTS) is 1. The topological polar surface area (TPSA) is 57.6 Å². The smallest absolute Gasteiger partial charge is 0.311 e. The summed E-state index contributed by atoms with van der Waals surface area (Å²) in [6.45, 7) is 2.40. The largest absolute Gasteiger partial charge is 0.481 e. The predicted octanol–water partition coefficient (Wildman–Crippen LogP) is 3.31. The fourth-order valence-corrected chi connectivity index (χ4v) is 3.22. The van der Waals surface area contributed by atoms with Crippen LogP contribution >= 0.6 is 15.9 Å². The Kier molecular flexibility index (Phi) is 4.66. The predicted molar refractivity (Wildman–Crippen MR) is 79.6 cm³/mol. The molecule has 1 amide bonds. The molecule has 1 heterocycles. The molecule has 0 saturated carbocycles. The number of carbonyl (C=O) groups excluding carboxylic acids is 1. The summed E-state index contributed by atoms with van der Waals surface area (Å²) in [5.74, 6) is -1.94. The average molecular weight is 358 g/mol. The van der Waals surface area contributed by atoms with Gasteiger partial charge in [0.15, 0.2) is 0 Å². The number of amides is 1. The molecule has 0 aliphatic carbocycles. The monoisotopic (exact) mass is 357 g/mol. The average Bonchev–Trinajstić information content (AvgIpc) is 2.87. The second-order valence-electron chi connectivity index (χ2n) is 5.41. The highest BCUT2D eigenvalue weighted by molar-refractivity contribution is 9.10. The van der Waals surface area contributed by atoms with E-state index in [9.17, 15) is 19.1 Å². The van der Waals surface area contributed by atoms with E-state index < -0.39 is 23.1 Å². The third-order valence-electron chi connectivity index (χ3n) is 4.01. The van der Waals surface area contributed by atoms with Crippen molar-refractivity contribution in [1.29, 1.82) is 0 Å². The molecule has 1 aromatic rings. The molecule has 1 aromatic carbocycles. The summed E-state index contributed by atoms with van der Waals surface area (Å²) in [4.78, 5) is 25.4. The molecule has 1 aliphatic heterocycles. The number of hydrogen-bond acceptors (Lipinski definition) is 2. The molecule has 6 heteroatoms. The van der Waals surface area contributed by atoms with Gasteiger partial charge in [-0.15, -0.1) is 0 Å². The first kappa shape index (κ1) is 15.9. The maximum atomic E-state index is 14.0. The number of carbonyl (C=O) groups is 2. The number of likely N-dealkylation sites (tertiary alicyclic amines) is 1. The first-order valence-corrected chi connectivity index (χ1v) is 7.67. The van der Waals surface area contributed by atoms with E-state index in [-0.39, 0.29) is 16.6 Å². The Bertz CT molecular complexity index is 578. The van der Waals surface area contributed by atoms with Gasteiger partial charge in [0.2, 0.25) is 0 Å². The minimum atomic E-state index is -0.896. The number of benzene rings is 1. The number of hydrogen-bond donors (Lipinski definition) is 1. The number of aliphatic carboxylic acids is 1. The van der Waals surface area contributed by atoms with Crippen LogP contribution in [0.1, 0.15) is 36.5 Å². The van der Waals surface area contributed by atoms with Crippen molar-refractivity contribution >= 4 is 27.8 Å². The minimum Gasteiger partial charge on any atom is -0.481 e. The number of rotatable bonds is 4. The van der Waals surface area contributed by atoms with Gasteiger partial charge in [0, 0.05) is 13.1 Å². The summed E-state index contributed by atoms with van der Waals surface area (Å²) in [5.41, 5.74) is -0.922. The molecule has 1 fully saturated rings. The molecule has 1 atom stereocenters. The first-order chi connectivity index (χ1) is 9.91. The minimum absolute atomic E-state index is 0.0259. The quantitative estimate of drug-likeness (QED) is 0.899. The van der Waals surface area contributed by atoms with Crippen LogP contribution in [0.15, 0.2) is 22.7 Å². The lowest BCUT2D eigenvalue weighted by Gasteiger charge is -2.24. The summed E-state index contributed by atoms with van der Waals surface area (Å²) >= 11 is 3.05. The lowest BCUT2D eigenvalue weighted by Crippen LogP contribution is -2.37. The molecular formula is C15H17BrFNO3. The van der Waals surface area contributed by atoms with Crippen LogP contribution in [0.25, 0.3) is 0 Å². The van der Waals surface area contributed by atoms with Crippen LogP contribution in [0.5, 0.6) is 0 Å². The van der Waals surface area contributed by atoms with Crippen LogP contribution in [-0.2, 0) is 4.79 Å². The van der Waals surface area contributed by atoms with Gasteiger partial charge in [-0.1, -0.05) is 19.4 Å². The van der Waals surface area contributed by atoms with Gasteiger partial charge in [-0.05, 0) is 40.9 Å². The van der Waals surface area contributed by atoms with Crippen molar-refractivity contribution in [3.8, 4) is 0 Å². The number of halogens is 2. The molecule has 4 nitrogen and oxygen atoms in total. The Morgan fingerprint density at radius 3 is 2.81 bits per heavy atom. The van der Waals surface area contributed by atoms with Crippen molar-refractivity contribution in [3.05, 3.63) is 34.1 Å². The van der Waals surface area contributed by atoms with Gasteiger partial charge in [0.25, 0.3) is 5.91 Å². The lowest BCUT2D eigenvalue weighted by molar-refractivity contribution is -0.148. The second kappa shape index (κ2) is 6.13. The molecule has 114 valence electrons. The van der Waals surface area contributed by atoms with E-state index in [0.29, 0.717) is 19.4 Å². The van der Waals surface area contributed by atoms with Crippen LogP contribution in [0.2, 0.25) is 0 Å². The Hall–Kier alpha value is -1.43. The Morgan fingerprint density at radius 2 is 2.19 bits per heavy atom. The van der Waals surface area contributed by atoms with Gasteiger partial charge < -0.3 is 10.0 Å². The van der Waals surface area contributed by atoms with E-state index in [1.54, 1.807) is 6.07 Å². The third-order valence-corrected chi connectivity index (χ3v) is 4.62. The number of nitrogens with zero attached hydrogens (tertiary/aromatic N) is 1. The molecule has 2 rings (SSSR count). The van der Waals surface area contributed by atoms with Crippen molar-refractivity contribution < 1.29 is 19.1 Å². The summed E-state index contributed by atoms with van der Waals surface area (Å²) in [6.07, 6.45) is 1.67. The molecule has 0 radical (unpaired) electrons. The standard InChI is InChI=1S/C15H17BrFNO3/c1-2-6-15(14(20)21)7-8-18(9-15)13(19)10-4-3-5-11(16)12(10)17/h3-5H,2,6-9H2,1H3,(H,20,21). The zero-order valence-corrected chi connectivity index (χ0v) is 13.3. The van der Waals surface area contributed by atoms with Gasteiger partial charge in [-0.3, -0.25) is 9.59 Å². The highest BCUT2D eigenvalue weighted by Crippen LogP contribution is 2.36. The van der Waals surface area contributed by atoms with Crippen LogP contribution in [-0.4, -0.2) is 35.0 Å². The highest BCUT2D eigenvalue weighted by atomic mass is 79.9. The SMILES string of the molecule is CCCC1(C(=O)O)CCN(C(=O)c2cccc(Br)c2F)C1. The van der Waals surface area contributed by atoms with E-state index >= 15 is 0 Å². The van der Waals surface area contributed by atoms with Crippen molar-refractivity contribution in [2.75, 3.05) is 13.1 Å². The van der Waals surface area contributed by atoms with Gasteiger partial charge in [0.1, 0.15) is 5.82 Å². The molecule has 1 N–H and O–H groups in total. The maximum Gasteiger partial charge on any atom is 0.311 e. The molecule has 1 saturated heterocycles. The van der Waals surface area contributed by atoms with Crippen LogP contribution in [0, 0.1) is 11.2 Å².